The van der Waals surface area contributed by atoms with Gasteiger partial charge < -0.3 is 4.90 Å². The minimum absolute atomic E-state index is 0.243. The van der Waals surface area contributed by atoms with Gasteiger partial charge in [0.05, 0.1) is 35.2 Å². The molecule has 0 saturated carbocycles. The lowest BCUT2D eigenvalue weighted by Gasteiger charge is -2.32. The van der Waals surface area contributed by atoms with Gasteiger partial charge in [0, 0.05) is 31.3 Å². The molecular weight excluding hydrogens is 402 g/mol. The Labute approximate surface area is 180 Å². The van der Waals surface area contributed by atoms with Crippen molar-refractivity contribution in [3.05, 3.63) is 42.9 Å². The molecule has 0 radical (unpaired) electrons. The van der Waals surface area contributed by atoms with Gasteiger partial charge in [-0.3, -0.25) is 19.3 Å². The molecule has 0 N–H and O–H groups in total. The third-order valence-electron chi connectivity index (χ3n) is 5.62. The molecular formula is C22H24ClN5O2. The Morgan fingerprint density at radius 2 is 1.83 bits per heavy atom. The van der Waals surface area contributed by atoms with E-state index in [1.165, 1.54) is 0 Å². The van der Waals surface area contributed by atoms with E-state index in [0.717, 1.165) is 61.2 Å². The molecule has 3 aromatic rings. The molecule has 0 spiro atoms. The number of piperidine rings is 1. The van der Waals surface area contributed by atoms with E-state index in [1.54, 1.807) is 6.20 Å². The van der Waals surface area contributed by atoms with E-state index in [0.29, 0.717) is 12.5 Å². The maximum atomic E-state index is 11.2. The van der Waals surface area contributed by atoms with Crippen molar-refractivity contribution in [2.75, 3.05) is 19.6 Å². The van der Waals surface area contributed by atoms with Gasteiger partial charge in [-0.2, -0.15) is 5.10 Å². The Morgan fingerprint density at radius 3 is 2.60 bits per heavy atom. The maximum Gasteiger partial charge on any atom is 0.288 e. The zero-order chi connectivity index (χ0) is 20.9. The standard InChI is InChI=1S/C22H24ClN5O2/c23-22(30)21(29)7-3-4-10-27-11-8-17(9-12-27)28-15-16(13-25-28)20-14-24-18-5-1-2-6-19(18)26-20/h1-2,5-6,13-15,17H,3-4,7-12H2. The fraction of sp³-hybridized carbons (Fsp3) is 0.409. The molecule has 4 rings (SSSR count). The third-order valence-corrected chi connectivity index (χ3v) is 5.84. The van der Waals surface area contributed by atoms with Crippen molar-refractivity contribution >= 4 is 33.7 Å². The Bertz CT molecular complexity index is 1040. The number of hydrogen-bond acceptors (Lipinski definition) is 6. The third kappa shape index (κ3) is 4.91. The van der Waals surface area contributed by atoms with Crippen molar-refractivity contribution in [2.45, 2.75) is 38.1 Å². The highest BCUT2D eigenvalue weighted by Gasteiger charge is 2.21. The van der Waals surface area contributed by atoms with Crippen LogP contribution in [-0.2, 0) is 9.59 Å². The number of rotatable bonds is 8. The van der Waals surface area contributed by atoms with Crippen molar-refractivity contribution in [2.24, 2.45) is 0 Å². The topological polar surface area (TPSA) is 81.0 Å². The molecule has 0 unspecified atom stereocenters. The molecule has 0 atom stereocenters. The Balaban J connectivity index is 1.29. The number of fused-ring (bicyclic) bond motifs is 1. The van der Waals surface area contributed by atoms with Crippen molar-refractivity contribution < 1.29 is 9.59 Å². The van der Waals surface area contributed by atoms with E-state index in [2.05, 4.69) is 21.2 Å². The summed E-state index contributed by atoms with van der Waals surface area (Å²) in [5, 5.41) is 3.72. The van der Waals surface area contributed by atoms with Crippen LogP contribution in [0.5, 0.6) is 0 Å². The van der Waals surface area contributed by atoms with E-state index in [4.69, 9.17) is 16.6 Å². The molecule has 1 aliphatic rings. The van der Waals surface area contributed by atoms with Crippen molar-refractivity contribution in [1.29, 1.82) is 0 Å². The number of unbranched alkanes of at least 4 members (excludes halogenated alkanes) is 1. The van der Waals surface area contributed by atoms with E-state index >= 15 is 0 Å². The van der Waals surface area contributed by atoms with Gasteiger partial charge in [-0.15, -0.1) is 0 Å². The number of nitrogens with zero attached hydrogens (tertiary/aromatic N) is 5. The quantitative estimate of drug-likeness (QED) is 0.311. The Morgan fingerprint density at radius 1 is 1.07 bits per heavy atom. The summed E-state index contributed by atoms with van der Waals surface area (Å²) in [7, 11) is 0. The van der Waals surface area contributed by atoms with Gasteiger partial charge in [0.1, 0.15) is 0 Å². The molecule has 8 heteroatoms. The predicted octanol–water partition coefficient (Wildman–Crippen LogP) is 3.64. The molecule has 2 aromatic heterocycles. The van der Waals surface area contributed by atoms with Gasteiger partial charge in [0.15, 0.2) is 0 Å². The zero-order valence-electron chi connectivity index (χ0n) is 16.7. The first-order valence-corrected chi connectivity index (χ1v) is 10.7. The number of benzene rings is 1. The fourth-order valence-electron chi connectivity index (χ4n) is 3.89. The lowest BCUT2D eigenvalue weighted by Crippen LogP contribution is -2.35. The number of carbonyl (C=O) groups excluding carboxylic acids is 2. The molecule has 1 saturated heterocycles. The largest absolute Gasteiger partial charge is 0.303 e. The Hall–Kier alpha value is -2.64. The SMILES string of the molecule is O=C(Cl)C(=O)CCCCN1CCC(n2cc(-c3cnc4ccccc4n3)cn2)CC1. The summed E-state index contributed by atoms with van der Waals surface area (Å²) in [4.78, 5) is 33.6. The number of carbonyl (C=O) groups is 2. The van der Waals surface area contributed by atoms with E-state index in [1.807, 2.05) is 35.1 Å². The smallest absolute Gasteiger partial charge is 0.288 e. The Kier molecular flexibility index (Phi) is 6.50. The van der Waals surface area contributed by atoms with Crippen LogP contribution in [0, 0.1) is 0 Å². The van der Waals surface area contributed by atoms with Crippen LogP contribution in [0.2, 0.25) is 0 Å². The minimum Gasteiger partial charge on any atom is -0.303 e. The maximum absolute atomic E-state index is 11.2. The van der Waals surface area contributed by atoms with E-state index < -0.39 is 11.0 Å². The number of likely N-dealkylation sites (tertiary alicyclic amines) is 1. The van der Waals surface area contributed by atoms with Crippen LogP contribution in [-0.4, -0.2) is 55.3 Å². The highest BCUT2D eigenvalue weighted by Crippen LogP contribution is 2.25. The predicted molar refractivity (Wildman–Crippen MR) is 115 cm³/mol. The molecule has 156 valence electrons. The summed E-state index contributed by atoms with van der Waals surface area (Å²) in [5.41, 5.74) is 3.59. The summed E-state index contributed by atoms with van der Waals surface area (Å²) in [6, 6.07) is 8.22. The highest BCUT2D eigenvalue weighted by molar-refractivity contribution is 6.81. The van der Waals surface area contributed by atoms with Crippen LogP contribution in [0.25, 0.3) is 22.3 Å². The summed E-state index contributed by atoms with van der Waals surface area (Å²) >= 11 is 5.18. The molecule has 30 heavy (non-hydrogen) atoms. The van der Waals surface area contributed by atoms with Crippen LogP contribution in [0.1, 0.15) is 38.1 Å². The first-order valence-electron chi connectivity index (χ1n) is 10.3. The monoisotopic (exact) mass is 425 g/mol. The molecule has 3 heterocycles. The van der Waals surface area contributed by atoms with Gasteiger partial charge in [-0.05, 0) is 56.0 Å². The lowest BCUT2D eigenvalue weighted by atomic mass is 10.0. The number of para-hydroxylation sites is 2. The molecule has 1 fully saturated rings. The second kappa shape index (κ2) is 9.45. The van der Waals surface area contributed by atoms with Crippen molar-refractivity contribution in [1.82, 2.24) is 24.6 Å². The van der Waals surface area contributed by atoms with Gasteiger partial charge in [-0.25, -0.2) is 4.98 Å². The molecule has 1 aliphatic heterocycles. The van der Waals surface area contributed by atoms with Gasteiger partial charge in [0.2, 0.25) is 5.78 Å². The first kappa shape index (κ1) is 20.6. The van der Waals surface area contributed by atoms with E-state index in [9.17, 15) is 9.59 Å². The van der Waals surface area contributed by atoms with Crippen LogP contribution in [0.3, 0.4) is 0 Å². The van der Waals surface area contributed by atoms with Crippen LogP contribution in [0.4, 0.5) is 0 Å². The van der Waals surface area contributed by atoms with Crippen LogP contribution >= 0.6 is 11.6 Å². The molecule has 0 amide bonds. The number of aromatic nitrogens is 4. The number of Topliss-reactive ketones (excluding diaryl/α,β-unsaturated/α-hetero) is 1. The van der Waals surface area contributed by atoms with Gasteiger partial charge in [-0.1, -0.05) is 12.1 Å². The average molecular weight is 426 g/mol. The van der Waals surface area contributed by atoms with Gasteiger partial charge >= 0.3 is 0 Å². The average Bonchev–Trinajstić information content (AvgIpc) is 3.27. The second-order valence-corrected chi connectivity index (χ2v) is 8.02. The summed E-state index contributed by atoms with van der Waals surface area (Å²) in [5.74, 6) is -0.485. The summed E-state index contributed by atoms with van der Waals surface area (Å²) in [6.07, 6.45) is 9.63. The summed E-state index contributed by atoms with van der Waals surface area (Å²) < 4.78 is 2.05. The molecule has 1 aromatic carbocycles. The van der Waals surface area contributed by atoms with Crippen molar-refractivity contribution in [3.8, 4) is 11.3 Å². The van der Waals surface area contributed by atoms with Crippen LogP contribution in [0.15, 0.2) is 42.9 Å². The summed E-state index contributed by atoms with van der Waals surface area (Å²) in [6.45, 7) is 2.93. The molecule has 7 nitrogen and oxygen atoms in total. The second-order valence-electron chi connectivity index (χ2n) is 7.68. The molecule has 0 bridgehead atoms. The normalized spacial score (nSPS) is 15.5. The number of ketones is 1. The fourth-order valence-corrected chi connectivity index (χ4v) is 3.99. The van der Waals surface area contributed by atoms with Gasteiger partial charge in [0.25, 0.3) is 5.24 Å². The first-order chi connectivity index (χ1) is 14.6. The zero-order valence-corrected chi connectivity index (χ0v) is 17.5. The molecule has 0 aliphatic carbocycles. The number of hydrogen-bond donors (Lipinski definition) is 0. The minimum atomic E-state index is -0.857. The van der Waals surface area contributed by atoms with Crippen molar-refractivity contribution in [3.63, 3.8) is 0 Å². The van der Waals surface area contributed by atoms with E-state index in [-0.39, 0.29) is 6.42 Å². The number of halogens is 1. The highest BCUT2D eigenvalue weighted by atomic mass is 35.5. The lowest BCUT2D eigenvalue weighted by molar-refractivity contribution is -0.132. The van der Waals surface area contributed by atoms with Crippen LogP contribution < -0.4 is 0 Å².